The van der Waals surface area contributed by atoms with Crippen molar-refractivity contribution in [2.75, 3.05) is 13.7 Å². The normalized spacial score (nSPS) is 22.8. The van der Waals surface area contributed by atoms with Gasteiger partial charge in [-0.25, -0.2) is 0 Å². The number of methoxy groups -OCH3 is 1. The molecule has 1 N–H and O–H groups in total. The summed E-state index contributed by atoms with van der Waals surface area (Å²) in [7, 11) is 1.58. The number of nitrogens with zero attached hydrogens (tertiary/aromatic N) is 1. The van der Waals surface area contributed by atoms with E-state index in [9.17, 15) is 5.11 Å². The van der Waals surface area contributed by atoms with Crippen LogP contribution in [-0.2, 0) is 0 Å². The second-order valence-electron chi connectivity index (χ2n) is 3.78. The molecule has 0 aromatic heterocycles. The quantitative estimate of drug-likeness (QED) is 0.821. The van der Waals surface area contributed by atoms with E-state index in [0.717, 1.165) is 5.56 Å². The van der Waals surface area contributed by atoms with Gasteiger partial charge >= 0.3 is 0 Å². The highest BCUT2D eigenvalue weighted by molar-refractivity contribution is 5.43. The Morgan fingerprint density at radius 1 is 1.62 bits per heavy atom. The van der Waals surface area contributed by atoms with Gasteiger partial charge in [0.1, 0.15) is 11.5 Å². The molecule has 4 heteroatoms. The largest absolute Gasteiger partial charge is 0.497 e. The summed E-state index contributed by atoms with van der Waals surface area (Å²) in [6.45, 7) is 0.370. The first-order valence-electron chi connectivity index (χ1n) is 5.12. The summed E-state index contributed by atoms with van der Waals surface area (Å²) in [4.78, 5) is 0. The van der Waals surface area contributed by atoms with Crippen molar-refractivity contribution in [2.45, 2.75) is 12.5 Å². The highest BCUT2D eigenvalue weighted by atomic mass is 16.5. The van der Waals surface area contributed by atoms with Crippen molar-refractivity contribution in [3.63, 3.8) is 0 Å². The van der Waals surface area contributed by atoms with E-state index in [1.54, 1.807) is 25.3 Å². The Kier molecular flexibility index (Phi) is 2.97. The molecule has 16 heavy (non-hydrogen) atoms. The maximum atomic E-state index is 10.0. The fourth-order valence-electron chi connectivity index (χ4n) is 1.84. The molecular formula is C12H13NO3. The third-order valence-corrected chi connectivity index (χ3v) is 2.79. The van der Waals surface area contributed by atoms with Crippen molar-refractivity contribution >= 4 is 0 Å². The van der Waals surface area contributed by atoms with Crippen LogP contribution in [0.5, 0.6) is 11.5 Å². The lowest BCUT2D eigenvalue weighted by atomic mass is 9.91. The van der Waals surface area contributed by atoms with Gasteiger partial charge in [-0.3, -0.25) is 0 Å². The first kappa shape index (κ1) is 10.8. The Bertz CT molecular complexity index is 425. The van der Waals surface area contributed by atoms with Gasteiger partial charge in [0.05, 0.1) is 25.9 Å². The van der Waals surface area contributed by atoms with Crippen molar-refractivity contribution in [1.29, 1.82) is 5.26 Å². The van der Waals surface area contributed by atoms with Crippen LogP contribution in [0.1, 0.15) is 18.1 Å². The Labute approximate surface area is 94.0 Å². The maximum Gasteiger partial charge on any atom is 0.128 e. The second-order valence-corrected chi connectivity index (χ2v) is 3.78. The first-order valence-corrected chi connectivity index (χ1v) is 5.12. The molecule has 0 bridgehead atoms. The van der Waals surface area contributed by atoms with Crippen LogP contribution in [0.4, 0.5) is 0 Å². The molecule has 1 aliphatic rings. The third kappa shape index (κ3) is 1.82. The minimum absolute atomic E-state index is 0.147. The number of aliphatic hydroxyl groups excluding tert-OH is 1. The van der Waals surface area contributed by atoms with Gasteiger partial charge in [0.15, 0.2) is 0 Å². The van der Waals surface area contributed by atoms with Gasteiger partial charge in [0, 0.05) is 24.0 Å². The lowest BCUT2D eigenvalue weighted by molar-refractivity contribution is 0.0529. The molecule has 1 aromatic carbocycles. The summed E-state index contributed by atoms with van der Waals surface area (Å²) in [6.07, 6.45) is -0.332. The van der Waals surface area contributed by atoms with E-state index in [-0.39, 0.29) is 5.92 Å². The second kappa shape index (κ2) is 4.42. The molecule has 0 fully saturated rings. The number of fused-ring (bicyclic) bond motifs is 1. The molecule has 1 aliphatic heterocycles. The molecular weight excluding hydrogens is 206 g/mol. The van der Waals surface area contributed by atoms with Crippen molar-refractivity contribution < 1.29 is 14.6 Å². The maximum absolute atomic E-state index is 10.0. The Balaban J connectivity index is 2.28. The molecule has 4 nitrogen and oxygen atoms in total. The first-order chi connectivity index (χ1) is 7.76. The highest BCUT2D eigenvalue weighted by Crippen LogP contribution is 2.38. The third-order valence-electron chi connectivity index (χ3n) is 2.79. The van der Waals surface area contributed by atoms with Crippen molar-refractivity contribution in [2.24, 2.45) is 5.92 Å². The average molecular weight is 219 g/mol. The van der Waals surface area contributed by atoms with Crippen LogP contribution in [-0.4, -0.2) is 18.8 Å². The number of ether oxygens (including phenoxy) is 2. The summed E-state index contributed by atoms with van der Waals surface area (Å²) in [5.41, 5.74) is 0.729. The van der Waals surface area contributed by atoms with Crippen LogP contribution >= 0.6 is 0 Å². The molecule has 1 heterocycles. The molecule has 0 unspecified atom stereocenters. The lowest BCUT2D eigenvalue weighted by Gasteiger charge is -2.29. The number of nitriles is 1. The van der Waals surface area contributed by atoms with Crippen molar-refractivity contribution in [1.82, 2.24) is 0 Å². The number of benzene rings is 1. The molecule has 0 spiro atoms. The summed E-state index contributed by atoms with van der Waals surface area (Å²) < 4.78 is 10.6. The van der Waals surface area contributed by atoms with Gasteiger partial charge in [0.2, 0.25) is 0 Å². The topological polar surface area (TPSA) is 62.5 Å². The predicted molar refractivity (Wildman–Crippen MR) is 57.2 cm³/mol. The van der Waals surface area contributed by atoms with Crippen LogP contribution in [0.15, 0.2) is 18.2 Å². The van der Waals surface area contributed by atoms with Gasteiger partial charge in [0.25, 0.3) is 0 Å². The highest BCUT2D eigenvalue weighted by Gasteiger charge is 2.29. The van der Waals surface area contributed by atoms with Crippen LogP contribution in [0, 0.1) is 17.2 Å². The van der Waals surface area contributed by atoms with E-state index >= 15 is 0 Å². The average Bonchev–Trinajstić information content (AvgIpc) is 2.32. The lowest BCUT2D eigenvalue weighted by Crippen LogP contribution is -2.25. The fourth-order valence-corrected chi connectivity index (χ4v) is 1.84. The Morgan fingerprint density at radius 2 is 2.44 bits per heavy atom. The van der Waals surface area contributed by atoms with E-state index in [4.69, 9.17) is 14.7 Å². The smallest absolute Gasteiger partial charge is 0.128 e. The van der Waals surface area contributed by atoms with Gasteiger partial charge in [-0.05, 0) is 12.1 Å². The summed E-state index contributed by atoms with van der Waals surface area (Å²) in [6, 6.07) is 7.37. The molecule has 0 saturated heterocycles. The molecule has 0 amide bonds. The molecule has 2 atom stereocenters. The summed E-state index contributed by atoms with van der Waals surface area (Å²) in [5, 5.41) is 18.7. The predicted octanol–water partition coefficient (Wildman–Crippen LogP) is 1.65. The minimum atomic E-state index is -0.630. The monoisotopic (exact) mass is 219 g/mol. The van der Waals surface area contributed by atoms with E-state index in [0.29, 0.717) is 24.5 Å². The van der Waals surface area contributed by atoms with Gasteiger partial charge in [-0.15, -0.1) is 0 Å². The fraction of sp³-hybridized carbons (Fsp3) is 0.417. The Morgan fingerprint density at radius 3 is 3.12 bits per heavy atom. The zero-order valence-electron chi connectivity index (χ0n) is 9.01. The number of aliphatic hydroxyl groups is 1. The zero-order valence-corrected chi connectivity index (χ0v) is 9.01. The minimum Gasteiger partial charge on any atom is -0.497 e. The van der Waals surface area contributed by atoms with E-state index in [2.05, 4.69) is 6.07 Å². The zero-order chi connectivity index (χ0) is 11.5. The molecule has 0 radical (unpaired) electrons. The van der Waals surface area contributed by atoms with E-state index in [1.165, 1.54) is 0 Å². The SMILES string of the molecule is COc1ccc2c(c1)OC[C@H](CC#N)[C@@H]2O. The number of hydrogen-bond acceptors (Lipinski definition) is 4. The summed E-state index contributed by atoms with van der Waals surface area (Å²) in [5.74, 6) is 1.19. The number of rotatable bonds is 2. The van der Waals surface area contributed by atoms with Crippen LogP contribution in [0.25, 0.3) is 0 Å². The molecule has 1 aromatic rings. The van der Waals surface area contributed by atoms with E-state index in [1.807, 2.05) is 0 Å². The van der Waals surface area contributed by atoms with Gasteiger partial charge in [-0.1, -0.05) is 0 Å². The van der Waals surface area contributed by atoms with Gasteiger partial charge < -0.3 is 14.6 Å². The molecule has 0 aliphatic carbocycles. The van der Waals surface area contributed by atoms with E-state index < -0.39 is 6.10 Å². The summed E-state index contributed by atoms with van der Waals surface area (Å²) >= 11 is 0. The molecule has 84 valence electrons. The van der Waals surface area contributed by atoms with Gasteiger partial charge in [-0.2, -0.15) is 5.26 Å². The number of hydrogen-bond donors (Lipinski definition) is 1. The van der Waals surface area contributed by atoms with Crippen LogP contribution < -0.4 is 9.47 Å². The molecule has 0 saturated carbocycles. The molecule has 2 rings (SSSR count). The van der Waals surface area contributed by atoms with Crippen LogP contribution in [0.2, 0.25) is 0 Å². The van der Waals surface area contributed by atoms with Crippen LogP contribution in [0.3, 0.4) is 0 Å². The van der Waals surface area contributed by atoms with Crippen molar-refractivity contribution in [3.05, 3.63) is 23.8 Å². The standard InChI is InChI=1S/C12H13NO3/c1-15-9-2-3-10-11(6-9)16-7-8(4-5-13)12(10)14/h2-3,6,8,12,14H,4,7H2,1H3/t8-,12-/m0/s1. The Hall–Kier alpha value is -1.73. The van der Waals surface area contributed by atoms with Crippen molar-refractivity contribution in [3.8, 4) is 17.6 Å².